The molecule has 0 aromatic rings. The van der Waals surface area contributed by atoms with Crippen molar-refractivity contribution < 1.29 is 37.7 Å². The van der Waals surface area contributed by atoms with Gasteiger partial charge in [-0.3, -0.25) is 5.41 Å². The fourth-order valence-corrected chi connectivity index (χ4v) is 0.467. The first-order chi connectivity index (χ1) is 4.77. The van der Waals surface area contributed by atoms with Crippen LogP contribution in [0.4, 0.5) is 0 Å². The van der Waals surface area contributed by atoms with E-state index in [9.17, 15) is 0 Å². The smallest absolute Gasteiger partial charge is 0.151 e. The van der Waals surface area contributed by atoms with Crippen LogP contribution in [-0.4, -0.2) is 10.9 Å². The molecule has 0 aliphatic carbocycles. The Morgan fingerprint density at radius 1 is 1.27 bits per heavy atom. The van der Waals surface area contributed by atoms with E-state index in [4.69, 9.17) is 11.1 Å². The normalized spacial score (nSPS) is 5.55. The molecule has 2 nitrogen and oxygen atoms in total. The van der Waals surface area contributed by atoms with E-state index in [1.807, 2.05) is 34.6 Å². The quantitative estimate of drug-likeness (QED) is 0.509. The minimum Gasteiger partial charge on any atom is -0.379 e. The molecule has 0 saturated carbocycles. The van der Waals surface area contributed by atoms with Gasteiger partial charge >= 0.3 is 0 Å². The predicted molar refractivity (Wildman–Crippen MR) is 52.7 cm³/mol. The summed E-state index contributed by atoms with van der Waals surface area (Å²) in [4.78, 5) is 0. The largest absolute Gasteiger partial charge is 0.379 e. The van der Waals surface area contributed by atoms with Crippen LogP contribution in [0, 0.1) is 43.1 Å². The average Bonchev–Trinajstić information content (AvgIpc) is 1.96. The van der Waals surface area contributed by atoms with Crippen LogP contribution in [0.15, 0.2) is 0 Å². The van der Waals surface area contributed by atoms with Crippen LogP contribution >= 0.6 is 11.8 Å². The molecule has 0 bridgehead atoms. The summed E-state index contributed by atoms with van der Waals surface area (Å²) in [6.45, 7) is 9.96. The van der Waals surface area contributed by atoms with Crippen LogP contribution in [-0.2, 0) is 0 Å². The van der Waals surface area contributed by atoms with Crippen LogP contribution < -0.4 is 5.73 Å². The second-order valence-electron chi connectivity index (χ2n) is 0.797. The Balaban J connectivity index is -0.0000000428. The molecule has 11 heavy (non-hydrogen) atoms. The summed E-state index contributed by atoms with van der Waals surface area (Å²) >= 11 is 1.35. The molecule has 0 fully saturated rings. The maximum atomic E-state index is 6.64. The van der Waals surface area contributed by atoms with E-state index in [1.54, 1.807) is 0 Å². The minimum atomic E-state index is 0. The molecule has 4 heteroatoms. The summed E-state index contributed by atoms with van der Waals surface area (Å²) in [5, 5.41) is 6.84. The van der Waals surface area contributed by atoms with Crippen molar-refractivity contribution in [2.24, 2.45) is 5.73 Å². The van der Waals surface area contributed by atoms with Crippen LogP contribution in [0.25, 0.3) is 0 Å². The number of amidine groups is 1. The summed E-state index contributed by atoms with van der Waals surface area (Å²) in [6, 6.07) is 0. The molecule has 0 amide bonds. The maximum Gasteiger partial charge on any atom is 0.151 e. The zero-order valence-corrected chi connectivity index (χ0v) is 9.57. The van der Waals surface area contributed by atoms with Gasteiger partial charge in [0.2, 0.25) is 0 Å². The fraction of sp³-hybridized carbons (Fsp3) is 0.857. The van der Waals surface area contributed by atoms with Crippen molar-refractivity contribution in [2.75, 3.05) is 5.75 Å². The van der Waals surface area contributed by atoms with Gasteiger partial charge in [0, 0.05) is 37.7 Å². The summed E-state index contributed by atoms with van der Waals surface area (Å²) in [5.41, 5.74) is 4.95. The molecule has 3 N–H and O–H groups in total. The first-order valence-electron chi connectivity index (χ1n) is 3.74. The molecule has 72 valence electrons. The van der Waals surface area contributed by atoms with E-state index in [-0.39, 0.29) is 42.9 Å². The van der Waals surface area contributed by atoms with Gasteiger partial charge in [-0.1, -0.05) is 46.4 Å². The molecule has 0 spiro atoms. The van der Waals surface area contributed by atoms with E-state index >= 15 is 0 Å². The summed E-state index contributed by atoms with van der Waals surface area (Å²) in [6.07, 6.45) is 0. The molecule has 0 aliphatic rings. The summed E-state index contributed by atoms with van der Waals surface area (Å²) in [5.74, 6) is 0.898. The molecule has 0 aliphatic heterocycles. The summed E-state index contributed by atoms with van der Waals surface area (Å²) < 4.78 is 0. The second kappa shape index (κ2) is 30.5. The number of rotatable bonds is 1. The van der Waals surface area contributed by atoms with Gasteiger partial charge in [-0.2, -0.15) is 0 Å². The topological polar surface area (TPSA) is 49.9 Å². The van der Waals surface area contributed by atoms with E-state index < -0.39 is 0 Å². The van der Waals surface area contributed by atoms with Crippen LogP contribution in [0.2, 0.25) is 0 Å². The number of nitrogens with one attached hydrogen (secondary N) is 1. The van der Waals surface area contributed by atoms with E-state index in [1.165, 1.54) is 11.8 Å². The Hall–Kier alpha value is 1.08. The minimum absolute atomic E-state index is 0. The zero-order valence-electron chi connectivity index (χ0n) is 8.05. The Morgan fingerprint density at radius 2 is 1.55 bits per heavy atom. The van der Waals surface area contributed by atoms with Crippen molar-refractivity contribution in [1.29, 1.82) is 5.41 Å². The van der Waals surface area contributed by atoms with Gasteiger partial charge in [0.15, 0.2) is 5.17 Å². The van der Waals surface area contributed by atoms with Gasteiger partial charge in [0.1, 0.15) is 0 Å². The maximum absolute atomic E-state index is 6.64. The Labute approximate surface area is 105 Å². The Bertz CT molecular complexity index is 60.4. The zero-order chi connectivity index (χ0) is 8.99. The van der Waals surface area contributed by atoms with Gasteiger partial charge in [0.05, 0.1) is 0 Å². The molecule has 0 radical (unpaired) electrons. The Kier molecular flexibility index (Phi) is 62.9. The van der Waals surface area contributed by atoms with Gasteiger partial charge in [0.25, 0.3) is 0 Å². The van der Waals surface area contributed by atoms with Gasteiger partial charge < -0.3 is 5.73 Å². The van der Waals surface area contributed by atoms with Crippen LogP contribution in [0.5, 0.6) is 0 Å². The van der Waals surface area contributed by atoms with E-state index in [2.05, 4.69) is 0 Å². The fourth-order valence-electron chi connectivity index (χ4n) is 0.156. The first kappa shape index (κ1) is 22.7. The summed E-state index contributed by atoms with van der Waals surface area (Å²) in [7, 11) is 0. The molecular weight excluding hydrogens is 184 g/mol. The first-order valence-corrected chi connectivity index (χ1v) is 4.72. The van der Waals surface area contributed by atoms with Gasteiger partial charge in [-0.25, -0.2) is 0 Å². The predicted octanol–water partition coefficient (Wildman–Crippen LogP) is 2.69. The monoisotopic (exact) mass is 204 g/mol. The second-order valence-corrected chi connectivity index (χ2v) is 2.10. The van der Waals surface area contributed by atoms with E-state index in [0.29, 0.717) is 0 Å². The molecule has 0 saturated heterocycles. The number of thioether (sulfide) groups is 1. The molecule has 0 aromatic heterocycles. The van der Waals surface area contributed by atoms with Crippen LogP contribution in [0.1, 0.15) is 34.6 Å². The van der Waals surface area contributed by atoms with Crippen molar-refractivity contribution in [2.45, 2.75) is 34.6 Å². The molecular formula is C7H20ArN2S. The molecule has 0 unspecified atom stereocenters. The van der Waals surface area contributed by atoms with Crippen molar-refractivity contribution in [3.05, 3.63) is 0 Å². The van der Waals surface area contributed by atoms with Crippen molar-refractivity contribution in [3.8, 4) is 0 Å². The third-order valence-electron chi connectivity index (χ3n) is 0.300. The standard InChI is InChI=1S/C3H8N2S.2C2H6.Ar/c1-2-6-3(4)5;2*1-2;/h2H2,1H3,(H3,4,5);2*1-2H3;. The molecule has 0 heterocycles. The van der Waals surface area contributed by atoms with Crippen LogP contribution in [0.3, 0.4) is 0 Å². The van der Waals surface area contributed by atoms with Crippen molar-refractivity contribution in [1.82, 2.24) is 0 Å². The number of nitrogens with two attached hydrogens (primary N) is 1. The number of hydrogen-bond acceptors (Lipinski definition) is 2. The van der Waals surface area contributed by atoms with Crippen molar-refractivity contribution >= 4 is 16.9 Å². The van der Waals surface area contributed by atoms with Gasteiger partial charge in [-0.15, -0.1) is 0 Å². The molecule has 0 atom stereocenters. The van der Waals surface area contributed by atoms with E-state index in [0.717, 1.165) is 5.75 Å². The van der Waals surface area contributed by atoms with Gasteiger partial charge in [-0.05, 0) is 5.75 Å². The third-order valence-corrected chi connectivity index (χ3v) is 0.900. The average molecular weight is 204 g/mol. The van der Waals surface area contributed by atoms with Crippen molar-refractivity contribution in [3.63, 3.8) is 0 Å². The Morgan fingerprint density at radius 3 is 1.55 bits per heavy atom. The molecule has 0 aromatic carbocycles. The SMILES string of the molecule is CC.CC.CCSC(=N)N.[Ar]. The third kappa shape index (κ3) is 54.9. The number of hydrogen-bond donors (Lipinski definition) is 2. The molecule has 0 rings (SSSR count).